The second kappa shape index (κ2) is 13.8. The molecule has 0 saturated carbocycles. The van der Waals surface area contributed by atoms with E-state index in [0.29, 0.717) is 18.6 Å². The Morgan fingerprint density at radius 3 is 1.93 bits per heavy atom. The van der Waals surface area contributed by atoms with Crippen LogP contribution in [0, 0.1) is 5.92 Å². The summed E-state index contributed by atoms with van der Waals surface area (Å²) in [6.07, 6.45) is 1.82. The molecule has 0 radical (unpaired) electrons. The first-order valence-corrected chi connectivity index (χ1v) is 10.9. The van der Waals surface area contributed by atoms with Crippen molar-refractivity contribution < 1.29 is 34.2 Å². The molecule has 0 aromatic rings. The Kier molecular flexibility index (Phi) is 12.7. The van der Waals surface area contributed by atoms with Gasteiger partial charge in [-0.15, -0.1) is 0 Å². The van der Waals surface area contributed by atoms with Gasteiger partial charge in [-0.1, -0.05) is 20.3 Å². The summed E-state index contributed by atoms with van der Waals surface area (Å²) in [4.78, 5) is 59.4. The summed E-state index contributed by atoms with van der Waals surface area (Å²) in [7, 11) is 0. The lowest BCUT2D eigenvalue weighted by Gasteiger charge is -2.27. The molecule has 0 heterocycles. The number of nitrogens with two attached hydrogens (primary N) is 1. The van der Waals surface area contributed by atoms with Crippen LogP contribution in [-0.2, 0) is 24.0 Å². The lowest BCUT2D eigenvalue weighted by molar-refractivity contribution is -0.147. The largest absolute Gasteiger partial charge is 0.481 e. The van der Waals surface area contributed by atoms with Crippen molar-refractivity contribution in [2.24, 2.45) is 11.7 Å². The summed E-state index contributed by atoms with van der Waals surface area (Å²) in [6.45, 7) is 4.95. The summed E-state index contributed by atoms with van der Waals surface area (Å²) in [5.41, 5.74) is 5.54. The number of nitrogens with one attached hydrogen (secondary N) is 3. The number of hydrogen-bond acceptors (Lipinski definition) is 7. The van der Waals surface area contributed by atoms with E-state index in [1.54, 1.807) is 13.8 Å². The zero-order valence-electron chi connectivity index (χ0n) is 17.6. The van der Waals surface area contributed by atoms with Crippen LogP contribution in [0.15, 0.2) is 0 Å². The first-order valence-electron chi connectivity index (χ1n) is 9.54. The third-order valence-corrected chi connectivity index (χ3v) is 5.09. The lowest BCUT2D eigenvalue weighted by Crippen LogP contribution is -2.58. The number of hydrogen-bond donors (Lipinski definition) is 6. The molecule has 5 atom stereocenters. The molecule has 0 fully saturated rings. The molecular formula is C18H32N4O7S. The van der Waals surface area contributed by atoms with Crippen LogP contribution in [-0.4, -0.2) is 76.0 Å². The van der Waals surface area contributed by atoms with Gasteiger partial charge >= 0.3 is 11.9 Å². The number of amides is 3. The van der Waals surface area contributed by atoms with Crippen molar-refractivity contribution >= 4 is 41.4 Å². The van der Waals surface area contributed by atoms with Gasteiger partial charge in [-0.05, 0) is 31.3 Å². The molecule has 5 unspecified atom stereocenters. The van der Waals surface area contributed by atoms with Crippen molar-refractivity contribution in [2.45, 2.75) is 64.2 Å². The van der Waals surface area contributed by atoms with Crippen molar-refractivity contribution in [1.82, 2.24) is 16.0 Å². The standard InChI is InChI=1S/C18H32N4O7S/c1-5-9(2)14(17(27)21-12(18(28)29)8-13(23)24)22-16(26)11(6-7-30-4)20-15(25)10(3)19/h9-12,14H,5-8,19H2,1-4H3,(H,20,25)(H,21,27)(H,22,26)(H,23,24)(H,28,29). The molecule has 0 aromatic carbocycles. The number of aliphatic carboxylic acids is 2. The predicted octanol–water partition coefficient (Wildman–Crippen LogP) is -0.853. The highest BCUT2D eigenvalue weighted by Gasteiger charge is 2.33. The molecule has 0 aliphatic heterocycles. The van der Waals surface area contributed by atoms with Crippen molar-refractivity contribution in [1.29, 1.82) is 0 Å². The molecule has 30 heavy (non-hydrogen) atoms. The van der Waals surface area contributed by atoms with Crippen molar-refractivity contribution in [3.05, 3.63) is 0 Å². The van der Waals surface area contributed by atoms with Gasteiger partial charge in [0, 0.05) is 0 Å². The smallest absolute Gasteiger partial charge is 0.326 e. The van der Waals surface area contributed by atoms with E-state index in [4.69, 9.17) is 15.9 Å². The van der Waals surface area contributed by atoms with Crippen molar-refractivity contribution in [3.8, 4) is 0 Å². The second-order valence-electron chi connectivity index (χ2n) is 7.00. The van der Waals surface area contributed by atoms with Crippen LogP contribution in [0.1, 0.15) is 40.0 Å². The van der Waals surface area contributed by atoms with Crippen LogP contribution in [0.5, 0.6) is 0 Å². The third kappa shape index (κ3) is 9.92. The van der Waals surface area contributed by atoms with Gasteiger partial charge in [0.2, 0.25) is 17.7 Å². The number of carboxylic acid groups (broad SMARTS) is 2. The van der Waals surface area contributed by atoms with Crippen LogP contribution in [0.3, 0.4) is 0 Å². The quantitative estimate of drug-likeness (QED) is 0.197. The predicted molar refractivity (Wildman–Crippen MR) is 112 cm³/mol. The van der Waals surface area contributed by atoms with Crippen LogP contribution >= 0.6 is 11.8 Å². The number of carboxylic acids is 2. The molecular weight excluding hydrogens is 416 g/mol. The van der Waals surface area contributed by atoms with E-state index < -0.39 is 60.2 Å². The number of rotatable bonds is 14. The highest BCUT2D eigenvalue weighted by Crippen LogP contribution is 2.10. The highest BCUT2D eigenvalue weighted by atomic mass is 32.2. The molecule has 3 amide bonds. The van der Waals surface area contributed by atoms with Gasteiger partial charge < -0.3 is 31.9 Å². The zero-order valence-corrected chi connectivity index (χ0v) is 18.5. The van der Waals surface area contributed by atoms with Gasteiger partial charge in [0.25, 0.3) is 0 Å². The van der Waals surface area contributed by atoms with Gasteiger partial charge in [0.1, 0.15) is 18.1 Å². The molecule has 0 spiro atoms. The van der Waals surface area contributed by atoms with E-state index in [2.05, 4.69) is 16.0 Å². The lowest BCUT2D eigenvalue weighted by atomic mass is 9.97. The van der Waals surface area contributed by atoms with Crippen LogP contribution < -0.4 is 21.7 Å². The summed E-state index contributed by atoms with van der Waals surface area (Å²) in [6, 6.07) is -4.49. The van der Waals surface area contributed by atoms with E-state index in [0.717, 1.165) is 0 Å². The minimum absolute atomic E-state index is 0.303. The van der Waals surface area contributed by atoms with Crippen molar-refractivity contribution in [3.63, 3.8) is 0 Å². The molecule has 11 nitrogen and oxygen atoms in total. The highest BCUT2D eigenvalue weighted by molar-refractivity contribution is 7.98. The average Bonchev–Trinajstić information content (AvgIpc) is 2.66. The molecule has 12 heteroatoms. The molecule has 0 aliphatic carbocycles. The third-order valence-electron chi connectivity index (χ3n) is 4.44. The first-order chi connectivity index (χ1) is 13.9. The van der Waals surface area contributed by atoms with Crippen LogP contribution in [0.25, 0.3) is 0 Å². The fraction of sp³-hybridized carbons (Fsp3) is 0.722. The fourth-order valence-electron chi connectivity index (χ4n) is 2.40. The molecule has 0 aliphatic rings. The number of thioether (sulfide) groups is 1. The van der Waals surface area contributed by atoms with Gasteiger partial charge in [0.15, 0.2) is 0 Å². The van der Waals surface area contributed by atoms with Gasteiger partial charge in [-0.2, -0.15) is 11.8 Å². The van der Waals surface area contributed by atoms with E-state index in [1.165, 1.54) is 18.7 Å². The molecule has 0 saturated heterocycles. The fourth-order valence-corrected chi connectivity index (χ4v) is 2.87. The van der Waals surface area contributed by atoms with E-state index in [1.807, 2.05) is 6.26 Å². The maximum absolute atomic E-state index is 12.8. The number of carbonyl (C=O) groups is 5. The Morgan fingerprint density at radius 2 is 1.50 bits per heavy atom. The van der Waals surface area contributed by atoms with Crippen LogP contribution in [0.4, 0.5) is 0 Å². The summed E-state index contributed by atoms with van der Waals surface area (Å²) >= 11 is 1.47. The first kappa shape index (κ1) is 27.7. The van der Waals surface area contributed by atoms with Gasteiger partial charge in [0.05, 0.1) is 12.5 Å². The Morgan fingerprint density at radius 1 is 0.933 bits per heavy atom. The number of carbonyl (C=O) groups excluding carboxylic acids is 3. The maximum atomic E-state index is 12.8. The summed E-state index contributed by atoms with van der Waals surface area (Å²) in [5.74, 6) is -4.63. The molecule has 7 N–H and O–H groups in total. The Bertz CT molecular complexity index is 630. The second-order valence-corrected chi connectivity index (χ2v) is 7.99. The Labute approximate surface area is 179 Å². The SMILES string of the molecule is CCC(C)C(NC(=O)C(CCSC)NC(=O)C(C)N)C(=O)NC(CC(=O)O)C(=O)O. The maximum Gasteiger partial charge on any atom is 0.326 e. The van der Waals surface area contributed by atoms with E-state index in [-0.39, 0.29) is 5.92 Å². The molecule has 0 bridgehead atoms. The topological polar surface area (TPSA) is 188 Å². The minimum atomic E-state index is -1.64. The Hall–Kier alpha value is -2.34. The minimum Gasteiger partial charge on any atom is -0.481 e. The summed E-state index contributed by atoms with van der Waals surface area (Å²) < 4.78 is 0. The average molecular weight is 449 g/mol. The molecule has 172 valence electrons. The molecule has 0 rings (SSSR count). The normalized spacial score (nSPS) is 15.8. The molecule has 0 aromatic heterocycles. The van der Waals surface area contributed by atoms with E-state index in [9.17, 15) is 24.0 Å². The zero-order chi connectivity index (χ0) is 23.4. The van der Waals surface area contributed by atoms with Gasteiger partial charge in [-0.25, -0.2) is 4.79 Å². The van der Waals surface area contributed by atoms with Crippen molar-refractivity contribution in [2.75, 3.05) is 12.0 Å². The van der Waals surface area contributed by atoms with Gasteiger partial charge in [-0.3, -0.25) is 19.2 Å². The van der Waals surface area contributed by atoms with E-state index >= 15 is 0 Å². The monoisotopic (exact) mass is 448 g/mol. The van der Waals surface area contributed by atoms with Crippen LogP contribution in [0.2, 0.25) is 0 Å². The Balaban J connectivity index is 5.46. The summed E-state index contributed by atoms with van der Waals surface area (Å²) in [5, 5.41) is 25.2.